The smallest absolute Gasteiger partial charge is 0.444 e. The fraction of sp³-hybridized carbons (Fsp3) is 0.630. The summed E-state index contributed by atoms with van der Waals surface area (Å²) in [6.45, 7) is 11.4. The summed E-state index contributed by atoms with van der Waals surface area (Å²) in [5, 5.41) is -0.410. The number of likely N-dealkylation sites (tertiary alicyclic amines) is 1. The molecule has 222 valence electrons. The largest absolute Gasteiger partial charge is 0.546 e. The third-order valence-electron chi connectivity index (χ3n) is 8.06. The fourth-order valence-corrected chi connectivity index (χ4v) is 7.69. The van der Waals surface area contributed by atoms with Gasteiger partial charge in [0.05, 0.1) is 64.2 Å². The Balaban J connectivity index is 1.39. The molecule has 9 nitrogen and oxygen atoms in total. The number of carbonyl (C=O) groups excluding carboxylic acids is 2. The monoisotopic (exact) mass is 614 g/mol. The number of alkyl halides is 3. The third kappa shape index (κ3) is 4.92. The van der Waals surface area contributed by atoms with Crippen LogP contribution in [0, 0.1) is 0 Å². The van der Waals surface area contributed by atoms with Gasteiger partial charge in [-0.3, -0.25) is 9.80 Å². The van der Waals surface area contributed by atoms with Crippen LogP contribution in [0.4, 0.5) is 28.4 Å². The lowest BCUT2D eigenvalue weighted by molar-refractivity contribution is -0.338. The molecule has 41 heavy (non-hydrogen) atoms. The molecule has 0 radical (unpaired) electrons. The molecule has 14 heteroatoms. The maximum Gasteiger partial charge on any atom is 0.546 e. The number of urea groups is 1. The molecule has 4 atom stereocenters. The van der Waals surface area contributed by atoms with Crippen molar-refractivity contribution in [3.8, 4) is 0 Å². The summed E-state index contributed by atoms with van der Waals surface area (Å²) in [6, 6.07) is 0.0487. The van der Waals surface area contributed by atoms with Gasteiger partial charge in [0.2, 0.25) is 0 Å². The number of thioether (sulfide) groups is 1. The minimum Gasteiger partial charge on any atom is -0.444 e. The zero-order valence-corrected chi connectivity index (χ0v) is 25.0. The highest BCUT2D eigenvalue weighted by molar-refractivity contribution is 8.00. The lowest BCUT2D eigenvalue weighted by Crippen LogP contribution is -2.71. The van der Waals surface area contributed by atoms with Crippen molar-refractivity contribution in [1.29, 1.82) is 0 Å². The number of amides is 3. The van der Waals surface area contributed by atoms with E-state index in [4.69, 9.17) is 21.1 Å². The molecular weight excluding hydrogens is 583 g/mol. The average Bonchev–Trinajstić information content (AvgIpc) is 2.83. The molecule has 6 rings (SSSR count). The van der Waals surface area contributed by atoms with Crippen LogP contribution in [0.3, 0.4) is 0 Å². The minimum absolute atomic E-state index is 0.158. The molecule has 1 unspecified atom stereocenters. The van der Waals surface area contributed by atoms with Crippen LogP contribution in [-0.2, 0) is 15.7 Å². The highest BCUT2D eigenvalue weighted by Gasteiger charge is 2.51. The second-order valence-corrected chi connectivity index (χ2v) is 13.6. The van der Waals surface area contributed by atoms with Gasteiger partial charge in [-0.25, -0.2) is 4.79 Å². The number of rotatable bonds is 2. The van der Waals surface area contributed by atoms with E-state index in [1.165, 1.54) is 16.3 Å². The van der Waals surface area contributed by atoms with Gasteiger partial charge in [-0.05, 0) is 40.7 Å². The first kappa shape index (κ1) is 28.8. The third-order valence-corrected chi connectivity index (χ3v) is 9.73. The zero-order chi connectivity index (χ0) is 29.6. The van der Waals surface area contributed by atoms with E-state index >= 15 is 0 Å². The molecule has 0 saturated carbocycles. The molecule has 3 saturated heterocycles. The summed E-state index contributed by atoms with van der Waals surface area (Å²) in [5.41, 5.74) is -0.326. The SMILES string of the molecule is C[C@@H]1CN(C2=NC(=O)[N+]3=C(CN4CC5OC[C@H]54)CSc4c(Cl)c(C(F)(F)F)cc2c43)C[C@H](C)N1C(=O)OC(C)(C)C. The molecule has 0 bridgehead atoms. The van der Waals surface area contributed by atoms with Crippen LogP contribution >= 0.6 is 23.4 Å². The van der Waals surface area contributed by atoms with Crippen molar-refractivity contribution in [2.75, 3.05) is 38.5 Å². The van der Waals surface area contributed by atoms with E-state index in [1.807, 2.05) is 13.8 Å². The Kier molecular flexibility index (Phi) is 6.91. The van der Waals surface area contributed by atoms with Crippen LogP contribution in [0.2, 0.25) is 5.02 Å². The maximum absolute atomic E-state index is 14.2. The Morgan fingerprint density at radius 3 is 2.44 bits per heavy atom. The maximum atomic E-state index is 14.2. The van der Waals surface area contributed by atoms with Gasteiger partial charge in [-0.15, -0.1) is 11.8 Å². The Morgan fingerprint density at radius 1 is 1.22 bits per heavy atom. The Hall–Kier alpha value is -2.35. The van der Waals surface area contributed by atoms with E-state index in [2.05, 4.69) is 9.89 Å². The second-order valence-electron chi connectivity index (χ2n) is 12.2. The normalized spacial score (nSPS) is 28.0. The van der Waals surface area contributed by atoms with Crippen molar-refractivity contribution in [1.82, 2.24) is 14.7 Å². The van der Waals surface area contributed by atoms with Gasteiger partial charge >= 0.3 is 18.3 Å². The summed E-state index contributed by atoms with van der Waals surface area (Å²) in [6.07, 6.45) is -4.95. The Morgan fingerprint density at radius 2 is 1.90 bits per heavy atom. The van der Waals surface area contributed by atoms with Crippen molar-refractivity contribution in [2.45, 2.75) is 75.5 Å². The minimum atomic E-state index is -4.70. The van der Waals surface area contributed by atoms with Gasteiger partial charge in [0.15, 0.2) is 5.69 Å². The van der Waals surface area contributed by atoms with Crippen LogP contribution < -0.4 is 0 Å². The number of piperazine rings is 1. The number of fused-ring (bicyclic) bond motifs is 1. The van der Waals surface area contributed by atoms with Gasteiger partial charge < -0.3 is 14.4 Å². The molecule has 3 amide bonds. The van der Waals surface area contributed by atoms with Crippen LogP contribution in [0.15, 0.2) is 16.0 Å². The number of hydrogen-bond donors (Lipinski definition) is 0. The summed E-state index contributed by atoms with van der Waals surface area (Å²) in [4.78, 5) is 36.8. The van der Waals surface area contributed by atoms with Crippen molar-refractivity contribution in [2.24, 2.45) is 4.99 Å². The quantitative estimate of drug-likeness (QED) is 0.441. The van der Waals surface area contributed by atoms with E-state index in [0.29, 0.717) is 30.6 Å². The molecule has 0 N–H and O–H groups in total. The number of benzene rings is 1. The van der Waals surface area contributed by atoms with Crippen LogP contribution in [0.5, 0.6) is 0 Å². The molecule has 1 aromatic rings. The number of hydrogen-bond acceptors (Lipinski definition) is 7. The van der Waals surface area contributed by atoms with Gasteiger partial charge in [-0.2, -0.15) is 22.5 Å². The second kappa shape index (κ2) is 9.85. The molecule has 0 aliphatic carbocycles. The van der Waals surface area contributed by atoms with E-state index in [-0.39, 0.29) is 47.6 Å². The zero-order valence-electron chi connectivity index (χ0n) is 23.4. The van der Waals surface area contributed by atoms with Crippen LogP contribution in [-0.4, -0.2) is 111 Å². The van der Waals surface area contributed by atoms with Crippen molar-refractivity contribution < 1.29 is 36.8 Å². The van der Waals surface area contributed by atoms with Crippen molar-refractivity contribution in [3.05, 3.63) is 22.2 Å². The van der Waals surface area contributed by atoms with E-state index in [9.17, 15) is 22.8 Å². The number of ether oxygens (including phenoxy) is 2. The van der Waals surface area contributed by atoms with Gasteiger partial charge in [0, 0.05) is 24.6 Å². The molecular formula is C27H32ClF3N5O4S+. The van der Waals surface area contributed by atoms with Crippen LogP contribution in [0.25, 0.3) is 0 Å². The summed E-state index contributed by atoms with van der Waals surface area (Å²) < 4.78 is 55.1. The van der Waals surface area contributed by atoms with E-state index in [0.717, 1.165) is 18.3 Å². The van der Waals surface area contributed by atoms with Gasteiger partial charge in [0.1, 0.15) is 11.3 Å². The standard InChI is InChI=1S/C27H32ClF3N5O4S/c1-13-7-34(8-14(2)35(13)25(38)40-26(3,4)5)23-16-6-17(27(29,30)31)20(28)22-21(16)36(24(37)32-23)15(12-41-22)9-33-10-19-18(33)11-39-19/h6,13-14,18-19H,7-12H2,1-5H3/q+1/t13-,14+,18-,19?/m1/s1. The topological polar surface area (TPSA) is 77.7 Å². The number of amidine groups is 1. The molecule has 1 aromatic carbocycles. The highest BCUT2D eigenvalue weighted by Crippen LogP contribution is 2.49. The molecule has 3 fully saturated rings. The predicted octanol–water partition coefficient (Wildman–Crippen LogP) is 4.84. The fourth-order valence-electron chi connectivity index (χ4n) is 6.17. The van der Waals surface area contributed by atoms with Gasteiger partial charge in [0.25, 0.3) is 5.84 Å². The predicted molar refractivity (Wildman–Crippen MR) is 148 cm³/mol. The summed E-state index contributed by atoms with van der Waals surface area (Å²) in [5.74, 6) is 0.479. The molecule has 0 aromatic heterocycles. The van der Waals surface area contributed by atoms with E-state index in [1.54, 1.807) is 30.6 Å². The Bertz CT molecular complexity index is 1380. The molecule has 5 heterocycles. The first-order valence-corrected chi connectivity index (χ1v) is 15.0. The highest BCUT2D eigenvalue weighted by atomic mass is 35.5. The Labute approximate surface area is 245 Å². The molecule has 0 spiro atoms. The number of nitrogens with zero attached hydrogens (tertiary/aromatic N) is 5. The lowest BCUT2D eigenvalue weighted by Gasteiger charge is -2.54. The number of aliphatic imine (C=N–C) groups is 1. The average molecular weight is 615 g/mol. The summed E-state index contributed by atoms with van der Waals surface area (Å²) >= 11 is 7.60. The van der Waals surface area contributed by atoms with Gasteiger partial charge in [-0.1, -0.05) is 11.6 Å². The van der Waals surface area contributed by atoms with Crippen LogP contribution in [0.1, 0.15) is 45.7 Å². The van der Waals surface area contributed by atoms with Crippen molar-refractivity contribution in [3.63, 3.8) is 0 Å². The number of halogens is 4. The number of morpholine rings is 1. The first-order chi connectivity index (χ1) is 19.1. The molecule has 5 aliphatic heterocycles. The first-order valence-electron chi connectivity index (χ1n) is 13.6. The summed E-state index contributed by atoms with van der Waals surface area (Å²) in [7, 11) is 0. The van der Waals surface area contributed by atoms with Crippen molar-refractivity contribution >= 4 is 52.7 Å². The van der Waals surface area contributed by atoms with E-state index < -0.39 is 34.5 Å². The lowest BCUT2D eigenvalue weighted by atomic mass is 9.94. The number of carbonyl (C=O) groups is 2. The molecule has 5 aliphatic rings.